The number of likely N-dealkylation sites (tertiary alicyclic amines) is 1. The van der Waals surface area contributed by atoms with Crippen LogP contribution < -0.4 is 10.5 Å². The molecule has 1 rings (SSSR count). The van der Waals surface area contributed by atoms with Crippen LogP contribution in [-0.2, 0) is 14.8 Å². The molecule has 0 aromatic heterocycles. The summed E-state index contributed by atoms with van der Waals surface area (Å²) < 4.78 is 24.9. The first-order valence-electron chi connectivity index (χ1n) is 6.22. The quantitative estimate of drug-likeness (QED) is 0.725. The van der Waals surface area contributed by atoms with E-state index in [-0.39, 0.29) is 23.9 Å². The minimum atomic E-state index is -3.22. The summed E-state index contributed by atoms with van der Waals surface area (Å²) in [6, 6.07) is -0.376. The Kier molecular flexibility index (Phi) is 5.12. The molecule has 3 unspecified atom stereocenters. The van der Waals surface area contributed by atoms with E-state index in [1.807, 2.05) is 0 Å². The zero-order valence-corrected chi connectivity index (χ0v) is 12.0. The number of carbonyl (C=O) groups excluding carboxylic acids is 1. The number of hydrogen-bond donors (Lipinski definition) is 2. The summed E-state index contributed by atoms with van der Waals surface area (Å²) in [4.78, 5) is 13.8. The maximum Gasteiger partial charge on any atom is 0.227 e. The van der Waals surface area contributed by atoms with Gasteiger partial charge in [0, 0.05) is 25.2 Å². The van der Waals surface area contributed by atoms with Gasteiger partial charge < -0.3 is 10.6 Å². The average molecular weight is 277 g/mol. The molecular formula is C11H23N3O3S. The molecule has 18 heavy (non-hydrogen) atoms. The van der Waals surface area contributed by atoms with Gasteiger partial charge in [-0.25, -0.2) is 13.1 Å². The van der Waals surface area contributed by atoms with Crippen molar-refractivity contribution in [3.05, 3.63) is 0 Å². The van der Waals surface area contributed by atoms with Gasteiger partial charge in [0.25, 0.3) is 0 Å². The van der Waals surface area contributed by atoms with Crippen LogP contribution in [0.3, 0.4) is 0 Å². The number of amides is 1. The standard InChI is InChI=1S/C11H23N3O3S/c1-8(9(2)12)11(15)14-6-4-5-10(7-14)13-18(3,16)17/h8-10,13H,4-7,12H2,1-3H3. The van der Waals surface area contributed by atoms with E-state index in [4.69, 9.17) is 5.73 Å². The maximum absolute atomic E-state index is 12.1. The molecule has 1 aliphatic rings. The van der Waals surface area contributed by atoms with E-state index in [9.17, 15) is 13.2 Å². The van der Waals surface area contributed by atoms with Crippen molar-refractivity contribution in [2.75, 3.05) is 19.3 Å². The van der Waals surface area contributed by atoms with E-state index in [1.54, 1.807) is 18.7 Å². The molecule has 7 heteroatoms. The molecule has 0 saturated carbocycles. The highest BCUT2D eigenvalue weighted by Crippen LogP contribution is 2.15. The molecule has 106 valence electrons. The Labute approximate surface area is 109 Å². The van der Waals surface area contributed by atoms with E-state index < -0.39 is 10.0 Å². The second-order valence-corrected chi connectivity index (χ2v) is 6.94. The number of nitrogens with zero attached hydrogens (tertiary/aromatic N) is 1. The molecular weight excluding hydrogens is 254 g/mol. The number of hydrogen-bond acceptors (Lipinski definition) is 4. The fourth-order valence-corrected chi connectivity index (χ4v) is 2.89. The number of sulfonamides is 1. The lowest BCUT2D eigenvalue weighted by Crippen LogP contribution is -2.52. The second-order valence-electron chi connectivity index (χ2n) is 5.16. The molecule has 1 aliphatic heterocycles. The molecule has 0 aliphatic carbocycles. The Morgan fingerprint density at radius 1 is 1.44 bits per heavy atom. The van der Waals surface area contributed by atoms with Crippen molar-refractivity contribution in [1.29, 1.82) is 0 Å². The van der Waals surface area contributed by atoms with Crippen LogP contribution in [0.4, 0.5) is 0 Å². The average Bonchev–Trinajstić information content (AvgIpc) is 2.25. The molecule has 3 N–H and O–H groups in total. The monoisotopic (exact) mass is 277 g/mol. The van der Waals surface area contributed by atoms with Crippen LogP contribution in [-0.4, -0.2) is 50.7 Å². The van der Waals surface area contributed by atoms with Crippen molar-refractivity contribution in [1.82, 2.24) is 9.62 Å². The fourth-order valence-electron chi connectivity index (χ4n) is 2.09. The van der Waals surface area contributed by atoms with Gasteiger partial charge in [0.05, 0.1) is 12.2 Å². The third-order valence-corrected chi connectivity index (χ3v) is 4.05. The van der Waals surface area contributed by atoms with Crippen LogP contribution >= 0.6 is 0 Å². The summed E-state index contributed by atoms with van der Waals surface area (Å²) in [5.41, 5.74) is 5.72. The first-order chi connectivity index (χ1) is 8.20. The molecule has 1 saturated heterocycles. The van der Waals surface area contributed by atoms with Crippen LogP contribution in [0.25, 0.3) is 0 Å². The fraction of sp³-hybridized carbons (Fsp3) is 0.909. The van der Waals surface area contributed by atoms with Gasteiger partial charge in [0.2, 0.25) is 15.9 Å². The highest BCUT2D eigenvalue weighted by molar-refractivity contribution is 7.88. The first-order valence-corrected chi connectivity index (χ1v) is 8.11. The van der Waals surface area contributed by atoms with Crippen LogP contribution in [0.15, 0.2) is 0 Å². The second kappa shape index (κ2) is 5.99. The van der Waals surface area contributed by atoms with Crippen LogP contribution in [0.2, 0.25) is 0 Å². The Morgan fingerprint density at radius 3 is 2.56 bits per heavy atom. The topological polar surface area (TPSA) is 92.5 Å². The lowest BCUT2D eigenvalue weighted by molar-refractivity contribution is -0.136. The van der Waals surface area contributed by atoms with E-state index >= 15 is 0 Å². The highest BCUT2D eigenvalue weighted by atomic mass is 32.2. The summed E-state index contributed by atoms with van der Waals surface area (Å²) >= 11 is 0. The molecule has 3 atom stereocenters. The zero-order valence-electron chi connectivity index (χ0n) is 11.2. The number of nitrogens with two attached hydrogens (primary N) is 1. The van der Waals surface area contributed by atoms with E-state index in [0.717, 1.165) is 19.1 Å². The molecule has 1 heterocycles. The number of carbonyl (C=O) groups is 1. The molecule has 0 aromatic rings. The molecule has 1 amide bonds. The Morgan fingerprint density at radius 2 is 2.06 bits per heavy atom. The van der Waals surface area contributed by atoms with Gasteiger partial charge in [0.15, 0.2) is 0 Å². The van der Waals surface area contributed by atoms with Crippen LogP contribution in [0, 0.1) is 5.92 Å². The minimum Gasteiger partial charge on any atom is -0.341 e. The molecule has 0 aromatic carbocycles. The first kappa shape index (κ1) is 15.4. The van der Waals surface area contributed by atoms with Crippen molar-refractivity contribution >= 4 is 15.9 Å². The highest BCUT2D eigenvalue weighted by Gasteiger charge is 2.29. The Balaban J connectivity index is 2.61. The summed E-state index contributed by atoms with van der Waals surface area (Å²) in [6.45, 7) is 4.72. The van der Waals surface area contributed by atoms with Gasteiger partial charge in [-0.15, -0.1) is 0 Å². The SMILES string of the molecule is CC(N)C(C)C(=O)N1CCCC(NS(C)(=O)=O)C1. The molecule has 6 nitrogen and oxygen atoms in total. The van der Waals surface area contributed by atoms with Crippen molar-refractivity contribution in [3.8, 4) is 0 Å². The smallest absolute Gasteiger partial charge is 0.227 e. The lowest BCUT2D eigenvalue weighted by atomic mass is 10.00. The predicted molar refractivity (Wildman–Crippen MR) is 70.4 cm³/mol. The van der Waals surface area contributed by atoms with Gasteiger partial charge in [0.1, 0.15) is 0 Å². The predicted octanol–water partition coefficient (Wildman–Crippen LogP) is -0.490. The van der Waals surface area contributed by atoms with E-state index in [1.165, 1.54) is 0 Å². The Bertz CT molecular complexity index is 394. The van der Waals surface area contributed by atoms with Crippen LogP contribution in [0.5, 0.6) is 0 Å². The van der Waals surface area contributed by atoms with Crippen molar-refractivity contribution in [3.63, 3.8) is 0 Å². The largest absolute Gasteiger partial charge is 0.341 e. The summed E-state index contributed by atoms with van der Waals surface area (Å²) in [5, 5.41) is 0. The van der Waals surface area contributed by atoms with E-state index in [2.05, 4.69) is 4.72 Å². The van der Waals surface area contributed by atoms with Gasteiger partial charge in [-0.2, -0.15) is 0 Å². The van der Waals surface area contributed by atoms with Crippen molar-refractivity contribution in [2.24, 2.45) is 11.7 Å². The zero-order chi connectivity index (χ0) is 13.9. The maximum atomic E-state index is 12.1. The van der Waals surface area contributed by atoms with Gasteiger partial charge in [-0.1, -0.05) is 6.92 Å². The third-order valence-electron chi connectivity index (χ3n) is 3.29. The van der Waals surface area contributed by atoms with Crippen molar-refractivity contribution in [2.45, 2.75) is 38.8 Å². The van der Waals surface area contributed by atoms with Gasteiger partial charge in [-0.05, 0) is 19.8 Å². The number of nitrogens with one attached hydrogen (secondary N) is 1. The summed E-state index contributed by atoms with van der Waals surface area (Å²) in [5.74, 6) is -0.230. The molecule has 0 bridgehead atoms. The summed E-state index contributed by atoms with van der Waals surface area (Å²) in [6.07, 6.45) is 2.71. The normalized spacial score (nSPS) is 24.7. The lowest BCUT2D eigenvalue weighted by Gasteiger charge is -2.35. The number of rotatable bonds is 4. The third kappa shape index (κ3) is 4.55. The van der Waals surface area contributed by atoms with Crippen molar-refractivity contribution < 1.29 is 13.2 Å². The Hall–Kier alpha value is -0.660. The number of piperidine rings is 1. The van der Waals surface area contributed by atoms with E-state index in [0.29, 0.717) is 13.1 Å². The minimum absolute atomic E-state index is 0.00463. The summed E-state index contributed by atoms with van der Waals surface area (Å²) in [7, 11) is -3.22. The molecule has 0 radical (unpaired) electrons. The molecule has 1 fully saturated rings. The molecule has 0 spiro atoms. The van der Waals surface area contributed by atoms with Gasteiger partial charge in [-0.3, -0.25) is 4.79 Å². The van der Waals surface area contributed by atoms with Gasteiger partial charge >= 0.3 is 0 Å². The van der Waals surface area contributed by atoms with Crippen LogP contribution in [0.1, 0.15) is 26.7 Å².